The van der Waals surface area contributed by atoms with Crippen LogP contribution in [0.1, 0.15) is 22.8 Å². The third kappa shape index (κ3) is 3.93. The van der Waals surface area contributed by atoms with Gasteiger partial charge >= 0.3 is 5.97 Å². The van der Waals surface area contributed by atoms with E-state index in [1.165, 1.54) is 24.3 Å². The summed E-state index contributed by atoms with van der Waals surface area (Å²) in [6.07, 6.45) is 3.07. The molecule has 8 nitrogen and oxygen atoms in total. The maximum absolute atomic E-state index is 12.4. The van der Waals surface area contributed by atoms with Crippen molar-refractivity contribution in [3.05, 3.63) is 76.0 Å². The zero-order valence-corrected chi connectivity index (χ0v) is 17.3. The predicted molar refractivity (Wildman–Crippen MR) is 114 cm³/mol. The molecule has 1 N–H and O–H groups in total. The quantitative estimate of drug-likeness (QED) is 0.440. The fraction of sp³-hybridized carbons (Fsp3) is 0.0909. The van der Waals surface area contributed by atoms with Gasteiger partial charge in [0.1, 0.15) is 5.76 Å². The van der Waals surface area contributed by atoms with Crippen LogP contribution in [0.25, 0.3) is 6.08 Å². The van der Waals surface area contributed by atoms with Gasteiger partial charge in [0.05, 0.1) is 23.3 Å². The number of esters is 1. The topological polar surface area (TPSA) is 101 Å². The summed E-state index contributed by atoms with van der Waals surface area (Å²) in [5.41, 5.74) is 0.821. The Kier molecular flexibility index (Phi) is 5.31. The third-order valence-corrected chi connectivity index (χ3v) is 4.81. The predicted octanol–water partition coefficient (Wildman–Crippen LogP) is 4.02. The van der Waals surface area contributed by atoms with Gasteiger partial charge in [0.2, 0.25) is 0 Å². The molecule has 2 aromatic carbocycles. The van der Waals surface area contributed by atoms with Crippen molar-refractivity contribution in [1.29, 1.82) is 5.41 Å². The molecule has 156 valence electrons. The number of methoxy groups -OCH3 is 1. The average Bonchev–Trinajstić information content (AvgIpc) is 3.12. The summed E-state index contributed by atoms with van der Waals surface area (Å²) in [6.45, 7) is 1.70. The van der Waals surface area contributed by atoms with E-state index in [1.54, 1.807) is 49.4 Å². The highest BCUT2D eigenvalue weighted by Crippen LogP contribution is 2.31. The number of aliphatic imine (C=N–C) groups is 1. The molecule has 0 saturated carbocycles. The summed E-state index contributed by atoms with van der Waals surface area (Å²) < 4.78 is 10.8. The number of nitrogens with one attached hydrogen (secondary N) is 1. The van der Waals surface area contributed by atoms with Crippen LogP contribution in [-0.4, -0.2) is 35.7 Å². The van der Waals surface area contributed by atoms with Crippen LogP contribution in [-0.2, 0) is 9.63 Å². The molecular weight excluding hydrogens is 422 g/mol. The number of halogens is 1. The number of amides is 1. The Balaban J connectivity index is 1.60. The van der Waals surface area contributed by atoms with E-state index in [0.29, 0.717) is 11.3 Å². The summed E-state index contributed by atoms with van der Waals surface area (Å²) in [6, 6.07) is 11.3. The lowest BCUT2D eigenvalue weighted by Crippen LogP contribution is -2.38. The molecular formula is C22H16ClN3O5. The lowest BCUT2D eigenvalue weighted by molar-refractivity contribution is -0.114. The molecule has 2 aliphatic rings. The number of benzene rings is 2. The van der Waals surface area contributed by atoms with Gasteiger partial charge in [-0.05, 0) is 42.8 Å². The second kappa shape index (κ2) is 8.08. The Bertz CT molecular complexity index is 1220. The van der Waals surface area contributed by atoms with Crippen molar-refractivity contribution in [2.75, 3.05) is 7.11 Å². The van der Waals surface area contributed by atoms with Crippen molar-refractivity contribution in [2.45, 2.75) is 6.92 Å². The molecule has 0 aromatic heterocycles. The molecule has 2 aromatic rings. The summed E-state index contributed by atoms with van der Waals surface area (Å²) in [5.74, 6) is -0.0651. The van der Waals surface area contributed by atoms with Crippen LogP contribution >= 0.6 is 11.6 Å². The first-order chi connectivity index (χ1) is 14.9. The number of hydrogen-bond acceptors (Lipinski definition) is 6. The lowest BCUT2D eigenvalue weighted by Gasteiger charge is -2.23. The van der Waals surface area contributed by atoms with Gasteiger partial charge in [0, 0.05) is 6.08 Å². The van der Waals surface area contributed by atoms with Crippen molar-refractivity contribution >= 4 is 41.2 Å². The van der Waals surface area contributed by atoms with E-state index in [4.69, 9.17) is 31.3 Å². The Morgan fingerprint density at radius 1 is 1.23 bits per heavy atom. The smallest absolute Gasteiger partial charge is 0.345 e. The number of rotatable bonds is 4. The van der Waals surface area contributed by atoms with Gasteiger partial charge in [-0.25, -0.2) is 4.79 Å². The highest BCUT2D eigenvalue weighted by Gasteiger charge is 2.34. The fourth-order valence-electron chi connectivity index (χ4n) is 3.01. The van der Waals surface area contributed by atoms with Crippen LogP contribution in [0.2, 0.25) is 5.02 Å². The largest absolute Gasteiger partial charge is 0.493 e. The molecule has 0 bridgehead atoms. The minimum absolute atomic E-state index is 0.0507. The van der Waals surface area contributed by atoms with E-state index >= 15 is 0 Å². The van der Waals surface area contributed by atoms with E-state index in [9.17, 15) is 9.59 Å². The van der Waals surface area contributed by atoms with E-state index in [2.05, 4.69) is 4.99 Å². The molecule has 2 heterocycles. The number of amidine groups is 2. The number of allylic oxidation sites excluding steroid dienone is 1. The molecule has 31 heavy (non-hydrogen) atoms. The lowest BCUT2D eigenvalue weighted by atomic mass is 10.1. The summed E-state index contributed by atoms with van der Waals surface area (Å²) in [5, 5.41) is 9.73. The standard InChI is InChI=1S/C22H16ClN3O5/c1-12-9-19-25-21(27)15(20(24)26(19)31-12)10-13-7-8-17(18(11-13)29-2)30-22(28)14-5-3-4-6-16(14)23/h3-11,24H,1-2H3/b15-10+,24-20?. The van der Waals surface area contributed by atoms with Gasteiger partial charge in [-0.3, -0.25) is 10.2 Å². The normalized spacial score (nSPS) is 16.5. The second-order valence-electron chi connectivity index (χ2n) is 6.60. The molecule has 0 fully saturated rings. The van der Waals surface area contributed by atoms with Crippen molar-refractivity contribution in [2.24, 2.45) is 4.99 Å². The minimum atomic E-state index is -0.629. The molecule has 0 unspecified atom stereocenters. The summed E-state index contributed by atoms with van der Waals surface area (Å²) in [7, 11) is 1.43. The van der Waals surface area contributed by atoms with E-state index in [1.807, 2.05) is 0 Å². The zero-order valence-electron chi connectivity index (χ0n) is 16.5. The van der Waals surface area contributed by atoms with E-state index in [0.717, 1.165) is 0 Å². The van der Waals surface area contributed by atoms with Gasteiger partial charge in [0.15, 0.2) is 23.2 Å². The molecule has 0 spiro atoms. The number of nitrogens with zero attached hydrogens (tertiary/aromatic N) is 2. The Labute approximate surface area is 182 Å². The summed E-state index contributed by atoms with van der Waals surface area (Å²) >= 11 is 6.05. The number of carbonyl (C=O) groups excluding carboxylic acids is 2. The highest BCUT2D eigenvalue weighted by molar-refractivity contribution is 6.33. The first kappa shape index (κ1) is 20.4. The highest BCUT2D eigenvalue weighted by atomic mass is 35.5. The van der Waals surface area contributed by atoms with Gasteiger partial charge in [0.25, 0.3) is 5.91 Å². The fourth-order valence-corrected chi connectivity index (χ4v) is 3.22. The van der Waals surface area contributed by atoms with Crippen LogP contribution in [0.4, 0.5) is 0 Å². The maximum Gasteiger partial charge on any atom is 0.345 e. The molecule has 0 aliphatic carbocycles. The number of hydroxylamine groups is 2. The van der Waals surface area contributed by atoms with Crippen molar-refractivity contribution in [1.82, 2.24) is 5.06 Å². The molecule has 0 atom stereocenters. The number of fused-ring (bicyclic) bond motifs is 1. The molecule has 4 rings (SSSR count). The van der Waals surface area contributed by atoms with Crippen molar-refractivity contribution in [3.63, 3.8) is 0 Å². The first-order valence-corrected chi connectivity index (χ1v) is 9.50. The summed E-state index contributed by atoms with van der Waals surface area (Å²) in [4.78, 5) is 34.2. The molecule has 9 heteroatoms. The van der Waals surface area contributed by atoms with E-state index in [-0.39, 0.29) is 39.3 Å². The van der Waals surface area contributed by atoms with Crippen molar-refractivity contribution in [3.8, 4) is 11.5 Å². The molecule has 0 saturated heterocycles. The molecule has 2 aliphatic heterocycles. The van der Waals surface area contributed by atoms with Crippen LogP contribution in [0, 0.1) is 5.41 Å². The number of ether oxygens (including phenoxy) is 2. The zero-order chi connectivity index (χ0) is 22.1. The van der Waals surface area contributed by atoms with Crippen LogP contribution in [0.5, 0.6) is 11.5 Å². The van der Waals surface area contributed by atoms with Gasteiger partial charge in [-0.2, -0.15) is 4.99 Å². The molecule has 1 amide bonds. The van der Waals surface area contributed by atoms with E-state index < -0.39 is 11.9 Å². The Morgan fingerprint density at radius 3 is 2.74 bits per heavy atom. The second-order valence-corrected chi connectivity index (χ2v) is 7.01. The first-order valence-electron chi connectivity index (χ1n) is 9.12. The molecule has 0 radical (unpaired) electrons. The van der Waals surface area contributed by atoms with Crippen LogP contribution < -0.4 is 9.47 Å². The number of hydrogen-bond donors (Lipinski definition) is 1. The van der Waals surface area contributed by atoms with Crippen molar-refractivity contribution < 1.29 is 23.9 Å². The SMILES string of the molecule is COc1cc(/C=C2\C(=N)N3OC(C)=CC3=NC2=O)ccc1OC(=O)c1ccccc1Cl. The minimum Gasteiger partial charge on any atom is -0.493 e. The average molecular weight is 438 g/mol. The van der Waals surface area contributed by atoms with Gasteiger partial charge in [-0.1, -0.05) is 29.8 Å². The van der Waals surface area contributed by atoms with Crippen LogP contribution in [0.3, 0.4) is 0 Å². The maximum atomic E-state index is 12.4. The monoisotopic (exact) mass is 437 g/mol. The Morgan fingerprint density at radius 2 is 2.00 bits per heavy atom. The van der Waals surface area contributed by atoms with Gasteiger partial charge < -0.3 is 14.3 Å². The third-order valence-electron chi connectivity index (χ3n) is 4.48. The number of carbonyl (C=O) groups is 2. The van der Waals surface area contributed by atoms with Gasteiger partial charge in [-0.15, -0.1) is 5.06 Å². The Hall–Kier alpha value is -3.91. The van der Waals surface area contributed by atoms with Crippen LogP contribution in [0.15, 0.2) is 64.9 Å².